The van der Waals surface area contributed by atoms with Crippen LogP contribution in [0.5, 0.6) is 5.75 Å². The summed E-state index contributed by atoms with van der Waals surface area (Å²) in [7, 11) is 1.55. The Morgan fingerprint density at radius 1 is 1.18 bits per heavy atom. The van der Waals surface area contributed by atoms with Crippen LogP contribution in [0.25, 0.3) is 17.0 Å². The van der Waals surface area contributed by atoms with Crippen LogP contribution in [0.1, 0.15) is 11.1 Å². The average Bonchev–Trinajstić information content (AvgIpc) is 2.98. The van der Waals surface area contributed by atoms with Gasteiger partial charge in [-0.1, -0.05) is 54.3 Å². The van der Waals surface area contributed by atoms with E-state index in [9.17, 15) is 9.59 Å². The van der Waals surface area contributed by atoms with E-state index in [2.05, 4.69) is 0 Å². The Morgan fingerprint density at radius 3 is 2.71 bits per heavy atom. The first kappa shape index (κ1) is 18.5. The summed E-state index contributed by atoms with van der Waals surface area (Å²) in [5.41, 5.74) is 1.51. The molecule has 1 amide bonds. The number of thiocarbonyl (C=S) groups is 1. The van der Waals surface area contributed by atoms with Crippen molar-refractivity contribution in [3.63, 3.8) is 0 Å². The zero-order valence-corrected chi connectivity index (χ0v) is 16.5. The molecule has 2 heterocycles. The first-order chi connectivity index (χ1) is 13.6. The highest BCUT2D eigenvalue weighted by molar-refractivity contribution is 8.26. The lowest BCUT2D eigenvalue weighted by molar-refractivity contribution is -0.122. The summed E-state index contributed by atoms with van der Waals surface area (Å²) in [5, 5.41) is 0.425. The number of carbonyl (C=O) groups excluding carboxylic acids is 1. The van der Waals surface area contributed by atoms with Gasteiger partial charge in [-0.25, -0.2) is 0 Å². The van der Waals surface area contributed by atoms with Crippen LogP contribution in [0, 0.1) is 0 Å². The fourth-order valence-corrected chi connectivity index (χ4v) is 4.14. The molecule has 1 aromatic heterocycles. The minimum atomic E-state index is -0.215. The Labute approximate surface area is 170 Å². The molecule has 0 radical (unpaired) electrons. The Hall–Kier alpha value is -2.90. The van der Waals surface area contributed by atoms with Crippen molar-refractivity contribution in [2.24, 2.45) is 0 Å². The second-order valence-electron chi connectivity index (χ2n) is 6.14. The lowest BCUT2D eigenvalue weighted by Gasteiger charge is -2.14. The number of thioether (sulfide) groups is 1. The zero-order chi connectivity index (χ0) is 19.7. The summed E-state index contributed by atoms with van der Waals surface area (Å²) >= 11 is 6.54. The van der Waals surface area contributed by atoms with Gasteiger partial charge in [0.25, 0.3) is 5.91 Å². The molecule has 5 nitrogen and oxygen atoms in total. The predicted molar refractivity (Wildman–Crippen MR) is 114 cm³/mol. The van der Waals surface area contributed by atoms with Gasteiger partial charge in [0, 0.05) is 6.07 Å². The molecule has 0 bridgehead atoms. The van der Waals surface area contributed by atoms with Gasteiger partial charge < -0.3 is 9.15 Å². The van der Waals surface area contributed by atoms with Gasteiger partial charge >= 0.3 is 0 Å². The minimum Gasteiger partial charge on any atom is -0.497 e. The first-order valence-electron chi connectivity index (χ1n) is 8.45. The van der Waals surface area contributed by atoms with Gasteiger partial charge in [0.15, 0.2) is 5.43 Å². The molecule has 2 aromatic carbocycles. The third kappa shape index (κ3) is 3.46. The molecular weight excluding hydrogens is 394 g/mol. The number of amides is 1. The van der Waals surface area contributed by atoms with Crippen molar-refractivity contribution in [1.82, 2.24) is 4.90 Å². The van der Waals surface area contributed by atoms with Gasteiger partial charge in [-0.15, -0.1) is 0 Å². The summed E-state index contributed by atoms with van der Waals surface area (Å²) in [4.78, 5) is 27.5. The predicted octanol–water partition coefficient (Wildman–Crippen LogP) is 4.20. The van der Waals surface area contributed by atoms with Gasteiger partial charge in [0.2, 0.25) is 0 Å². The van der Waals surface area contributed by atoms with Crippen LogP contribution in [-0.4, -0.2) is 22.2 Å². The number of ether oxygens (including phenoxy) is 1. The zero-order valence-electron chi connectivity index (χ0n) is 14.9. The van der Waals surface area contributed by atoms with Crippen LogP contribution in [0.15, 0.2) is 68.9 Å². The van der Waals surface area contributed by atoms with Crippen LogP contribution in [0.2, 0.25) is 0 Å². The monoisotopic (exact) mass is 409 g/mol. The van der Waals surface area contributed by atoms with Crippen molar-refractivity contribution >= 4 is 51.3 Å². The van der Waals surface area contributed by atoms with E-state index < -0.39 is 0 Å². The topological polar surface area (TPSA) is 59.8 Å². The molecule has 0 spiro atoms. The highest BCUT2D eigenvalue weighted by Crippen LogP contribution is 2.33. The molecule has 1 saturated heterocycles. The summed E-state index contributed by atoms with van der Waals surface area (Å²) in [6, 6.07) is 14.6. The van der Waals surface area contributed by atoms with Crippen LogP contribution < -0.4 is 10.2 Å². The van der Waals surface area contributed by atoms with Gasteiger partial charge in [-0.05, 0) is 23.8 Å². The number of carbonyl (C=O) groups is 1. The molecule has 1 aliphatic rings. The number of fused-ring (bicyclic) bond motifs is 1. The third-order valence-corrected chi connectivity index (χ3v) is 5.73. The Kier molecular flexibility index (Phi) is 5.02. The van der Waals surface area contributed by atoms with Crippen LogP contribution >= 0.6 is 24.0 Å². The minimum absolute atomic E-state index is 0.211. The number of methoxy groups -OCH3 is 1. The fraction of sp³-hybridized carbons (Fsp3) is 0.0952. The molecule has 0 saturated carbocycles. The SMILES string of the molecule is COc1ccc2c(=O)c(C=C3SC(=S)N(Cc4ccccc4)C3=O)coc2c1. The number of hydrogen-bond donors (Lipinski definition) is 0. The Balaban J connectivity index is 1.66. The summed E-state index contributed by atoms with van der Waals surface area (Å²) in [5.74, 6) is 0.387. The fourth-order valence-electron chi connectivity index (χ4n) is 2.89. The van der Waals surface area contributed by atoms with Gasteiger partial charge in [0.1, 0.15) is 21.9 Å². The van der Waals surface area contributed by atoms with Crippen molar-refractivity contribution in [1.29, 1.82) is 0 Å². The largest absolute Gasteiger partial charge is 0.497 e. The maximum atomic E-state index is 12.8. The van der Waals surface area contributed by atoms with Crippen molar-refractivity contribution < 1.29 is 13.9 Å². The molecule has 1 fully saturated rings. The quantitative estimate of drug-likeness (QED) is 0.475. The first-order valence-corrected chi connectivity index (χ1v) is 9.68. The summed E-state index contributed by atoms with van der Waals surface area (Å²) in [6.07, 6.45) is 2.90. The van der Waals surface area contributed by atoms with Gasteiger partial charge in [-0.2, -0.15) is 0 Å². The lowest BCUT2D eigenvalue weighted by Crippen LogP contribution is -2.27. The van der Waals surface area contributed by atoms with Gasteiger partial charge in [-0.3, -0.25) is 14.5 Å². The molecule has 4 rings (SSSR count). The van der Waals surface area contributed by atoms with E-state index in [1.54, 1.807) is 31.4 Å². The van der Waals surface area contributed by atoms with Crippen LogP contribution in [0.3, 0.4) is 0 Å². The molecular formula is C21H15NO4S2. The molecule has 28 heavy (non-hydrogen) atoms. The van der Waals surface area contributed by atoms with E-state index in [1.165, 1.54) is 22.9 Å². The van der Waals surface area contributed by atoms with E-state index in [-0.39, 0.29) is 11.3 Å². The van der Waals surface area contributed by atoms with Crippen molar-refractivity contribution in [2.75, 3.05) is 7.11 Å². The molecule has 0 N–H and O–H groups in total. The van der Waals surface area contributed by atoms with E-state index in [0.717, 1.165) is 5.56 Å². The van der Waals surface area contributed by atoms with E-state index in [0.29, 0.717) is 38.1 Å². The molecule has 7 heteroatoms. The second kappa shape index (κ2) is 7.61. The second-order valence-corrected chi connectivity index (χ2v) is 7.81. The Morgan fingerprint density at radius 2 is 1.96 bits per heavy atom. The van der Waals surface area contributed by atoms with Crippen molar-refractivity contribution in [2.45, 2.75) is 6.54 Å². The van der Waals surface area contributed by atoms with E-state index in [1.807, 2.05) is 30.3 Å². The number of benzene rings is 2. The molecule has 0 atom stereocenters. The van der Waals surface area contributed by atoms with E-state index >= 15 is 0 Å². The smallest absolute Gasteiger partial charge is 0.266 e. The van der Waals surface area contributed by atoms with Gasteiger partial charge in [0.05, 0.1) is 29.5 Å². The van der Waals surface area contributed by atoms with Crippen molar-refractivity contribution in [3.05, 3.63) is 81.0 Å². The molecule has 1 aliphatic heterocycles. The molecule has 0 aliphatic carbocycles. The molecule has 140 valence electrons. The standard InChI is InChI=1S/C21H15NO4S2/c1-25-15-7-8-16-17(10-15)26-12-14(19(16)23)9-18-20(24)22(21(27)28-18)11-13-5-3-2-4-6-13/h2-10,12H,11H2,1H3. The summed E-state index contributed by atoms with van der Waals surface area (Å²) in [6.45, 7) is 0.398. The third-order valence-electron chi connectivity index (χ3n) is 4.35. The summed E-state index contributed by atoms with van der Waals surface area (Å²) < 4.78 is 11.2. The highest BCUT2D eigenvalue weighted by Gasteiger charge is 2.32. The maximum Gasteiger partial charge on any atom is 0.266 e. The number of rotatable bonds is 4. The maximum absolute atomic E-state index is 12.8. The highest BCUT2D eigenvalue weighted by atomic mass is 32.2. The van der Waals surface area contributed by atoms with Crippen molar-refractivity contribution in [3.8, 4) is 5.75 Å². The normalized spacial score (nSPS) is 15.6. The van der Waals surface area contributed by atoms with Crippen LogP contribution in [-0.2, 0) is 11.3 Å². The molecule has 0 unspecified atom stereocenters. The van der Waals surface area contributed by atoms with Crippen LogP contribution in [0.4, 0.5) is 0 Å². The van der Waals surface area contributed by atoms with E-state index in [4.69, 9.17) is 21.4 Å². The lowest BCUT2D eigenvalue weighted by atomic mass is 10.1. The Bertz CT molecular complexity index is 1170. The average molecular weight is 409 g/mol. The number of hydrogen-bond acceptors (Lipinski definition) is 6. The molecule has 3 aromatic rings. The number of nitrogens with zero attached hydrogens (tertiary/aromatic N) is 1.